The minimum absolute atomic E-state index is 0.0508. The Balaban J connectivity index is 1.89. The van der Waals surface area contributed by atoms with Crippen LogP contribution in [0.4, 0.5) is 0 Å². The number of benzene rings is 2. The maximum absolute atomic E-state index is 12.0. The number of rotatable bonds is 7. The van der Waals surface area contributed by atoms with Crippen molar-refractivity contribution in [2.45, 2.75) is 19.4 Å². The normalized spacial score (nSPS) is 11.7. The Kier molecular flexibility index (Phi) is 6.18. The van der Waals surface area contributed by atoms with Crippen LogP contribution in [0.3, 0.4) is 0 Å². The first kappa shape index (κ1) is 17.0. The molecule has 0 aliphatic heterocycles. The Bertz CT molecular complexity index is 656. The molecule has 0 aliphatic carbocycles. The number of aliphatic carboxylic acids is 1. The van der Waals surface area contributed by atoms with Crippen LogP contribution in [0.2, 0.25) is 5.02 Å². The van der Waals surface area contributed by atoms with Crippen molar-refractivity contribution in [3.63, 3.8) is 0 Å². The summed E-state index contributed by atoms with van der Waals surface area (Å²) < 4.78 is 0. The lowest BCUT2D eigenvalue weighted by Crippen LogP contribution is -2.29. The maximum atomic E-state index is 12.0. The fraction of sp³-hybridized carbons (Fsp3) is 0.222. The van der Waals surface area contributed by atoms with Gasteiger partial charge in [0.1, 0.15) is 0 Å². The van der Waals surface area contributed by atoms with Gasteiger partial charge in [0.05, 0.1) is 5.92 Å². The Morgan fingerprint density at radius 2 is 1.65 bits per heavy atom. The van der Waals surface area contributed by atoms with Gasteiger partial charge in [-0.3, -0.25) is 9.59 Å². The summed E-state index contributed by atoms with van der Waals surface area (Å²) in [6, 6.07) is 16.5. The summed E-state index contributed by atoms with van der Waals surface area (Å²) in [6.07, 6.45) is 0.246. The molecule has 0 unspecified atom stereocenters. The van der Waals surface area contributed by atoms with Gasteiger partial charge in [0.15, 0.2) is 0 Å². The number of carbonyl (C=O) groups excluding carboxylic acids is 1. The standard InChI is InChI=1S/C18H18ClNO3/c19-16-8-6-13(7-9-16)10-15(18(22)23)11-17(21)20-12-14-4-2-1-3-5-14/h1-9,15H,10-12H2,(H,20,21)(H,22,23)/t15-/m1/s1. The Labute approximate surface area is 140 Å². The minimum Gasteiger partial charge on any atom is -0.481 e. The highest BCUT2D eigenvalue weighted by Crippen LogP contribution is 2.16. The van der Waals surface area contributed by atoms with E-state index in [0.29, 0.717) is 18.0 Å². The third-order valence-electron chi connectivity index (χ3n) is 3.51. The van der Waals surface area contributed by atoms with Gasteiger partial charge in [-0.2, -0.15) is 0 Å². The van der Waals surface area contributed by atoms with Crippen LogP contribution >= 0.6 is 11.6 Å². The van der Waals surface area contributed by atoms with Crippen molar-refractivity contribution >= 4 is 23.5 Å². The second-order valence-corrected chi connectivity index (χ2v) is 5.77. The summed E-state index contributed by atoms with van der Waals surface area (Å²) in [5.41, 5.74) is 1.82. The number of carboxylic acids is 1. The third kappa shape index (κ3) is 5.75. The zero-order valence-corrected chi connectivity index (χ0v) is 13.3. The molecule has 1 amide bonds. The average Bonchev–Trinajstić information content (AvgIpc) is 2.55. The Morgan fingerprint density at radius 1 is 1.00 bits per heavy atom. The van der Waals surface area contributed by atoms with Gasteiger partial charge < -0.3 is 10.4 Å². The summed E-state index contributed by atoms with van der Waals surface area (Å²) in [5, 5.41) is 12.7. The van der Waals surface area contributed by atoms with Gasteiger partial charge in [-0.25, -0.2) is 0 Å². The van der Waals surface area contributed by atoms with Crippen LogP contribution in [0, 0.1) is 5.92 Å². The van der Waals surface area contributed by atoms with Crippen molar-refractivity contribution in [3.05, 3.63) is 70.7 Å². The number of halogens is 1. The molecule has 23 heavy (non-hydrogen) atoms. The van der Waals surface area contributed by atoms with E-state index >= 15 is 0 Å². The van der Waals surface area contributed by atoms with Crippen molar-refractivity contribution in [1.82, 2.24) is 5.32 Å². The smallest absolute Gasteiger partial charge is 0.307 e. The second kappa shape index (κ2) is 8.34. The van der Waals surface area contributed by atoms with Gasteiger partial charge in [0.25, 0.3) is 0 Å². The summed E-state index contributed by atoms with van der Waals surface area (Å²) in [7, 11) is 0. The number of amides is 1. The van der Waals surface area contributed by atoms with Gasteiger partial charge in [0, 0.05) is 18.0 Å². The van der Waals surface area contributed by atoms with E-state index in [-0.39, 0.29) is 12.3 Å². The van der Waals surface area contributed by atoms with E-state index < -0.39 is 11.9 Å². The van der Waals surface area contributed by atoms with Gasteiger partial charge in [-0.1, -0.05) is 54.1 Å². The van der Waals surface area contributed by atoms with Crippen LogP contribution in [0.15, 0.2) is 54.6 Å². The minimum atomic E-state index is -0.977. The summed E-state index contributed by atoms with van der Waals surface area (Å²) >= 11 is 5.81. The predicted molar refractivity (Wildman–Crippen MR) is 89.2 cm³/mol. The fourth-order valence-corrected chi connectivity index (χ4v) is 2.37. The zero-order valence-electron chi connectivity index (χ0n) is 12.5. The van der Waals surface area contributed by atoms with Crippen molar-refractivity contribution in [1.29, 1.82) is 0 Å². The summed E-state index contributed by atoms with van der Waals surface area (Å²) in [5.74, 6) is -2.00. The van der Waals surface area contributed by atoms with E-state index in [1.54, 1.807) is 24.3 Å². The van der Waals surface area contributed by atoms with E-state index in [1.807, 2.05) is 30.3 Å². The summed E-state index contributed by atoms with van der Waals surface area (Å²) in [4.78, 5) is 23.4. The molecule has 2 aromatic rings. The van der Waals surface area contributed by atoms with Crippen molar-refractivity contribution in [2.24, 2.45) is 5.92 Å². The van der Waals surface area contributed by atoms with Crippen LogP contribution in [-0.4, -0.2) is 17.0 Å². The fourth-order valence-electron chi connectivity index (χ4n) is 2.24. The Morgan fingerprint density at radius 3 is 2.26 bits per heavy atom. The lowest BCUT2D eigenvalue weighted by Gasteiger charge is -2.13. The molecule has 4 nitrogen and oxygen atoms in total. The molecule has 1 atom stereocenters. The SMILES string of the molecule is O=C(C[C@@H](Cc1ccc(Cl)cc1)C(=O)O)NCc1ccccc1. The number of carbonyl (C=O) groups is 2. The molecular weight excluding hydrogens is 314 g/mol. The first-order valence-corrected chi connectivity index (χ1v) is 7.70. The van der Waals surface area contributed by atoms with Crippen molar-refractivity contribution in [3.8, 4) is 0 Å². The van der Waals surface area contributed by atoms with Crippen LogP contribution in [0.5, 0.6) is 0 Å². The Hall–Kier alpha value is -2.33. The third-order valence-corrected chi connectivity index (χ3v) is 3.76. The number of carboxylic acid groups (broad SMARTS) is 1. The van der Waals surface area contributed by atoms with E-state index in [2.05, 4.69) is 5.32 Å². The van der Waals surface area contributed by atoms with Crippen LogP contribution in [0.1, 0.15) is 17.5 Å². The monoisotopic (exact) mass is 331 g/mol. The van der Waals surface area contributed by atoms with Crippen LogP contribution in [0.25, 0.3) is 0 Å². The van der Waals surface area contributed by atoms with E-state index in [4.69, 9.17) is 11.6 Å². The van der Waals surface area contributed by atoms with Crippen molar-refractivity contribution in [2.75, 3.05) is 0 Å². The van der Waals surface area contributed by atoms with Crippen LogP contribution < -0.4 is 5.32 Å². The molecule has 0 radical (unpaired) electrons. The molecule has 5 heteroatoms. The molecule has 0 spiro atoms. The largest absolute Gasteiger partial charge is 0.481 e. The molecule has 120 valence electrons. The first-order chi connectivity index (χ1) is 11.0. The molecule has 0 fully saturated rings. The number of hydrogen-bond acceptors (Lipinski definition) is 2. The zero-order chi connectivity index (χ0) is 16.7. The van der Waals surface area contributed by atoms with Gasteiger partial charge >= 0.3 is 5.97 Å². The highest BCUT2D eigenvalue weighted by atomic mass is 35.5. The topological polar surface area (TPSA) is 66.4 Å². The molecule has 0 saturated heterocycles. The second-order valence-electron chi connectivity index (χ2n) is 5.33. The van der Waals surface area contributed by atoms with Crippen LogP contribution in [-0.2, 0) is 22.6 Å². The highest BCUT2D eigenvalue weighted by Gasteiger charge is 2.21. The average molecular weight is 332 g/mol. The van der Waals surface area contributed by atoms with Gasteiger partial charge in [-0.15, -0.1) is 0 Å². The van der Waals surface area contributed by atoms with E-state index in [1.165, 1.54) is 0 Å². The van der Waals surface area contributed by atoms with Gasteiger partial charge in [0.2, 0.25) is 5.91 Å². The molecule has 2 aromatic carbocycles. The molecule has 0 aromatic heterocycles. The molecular formula is C18H18ClNO3. The van der Waals surface area contributed by atoms with E-state index in [0.717, 1.165) is 11.1 Å². The molecule has 2 rings (SSSR count). The first-order valence-electron chi connectivity index (χ1n) is 7.32. The molecule has 0 aliphatic rings. The molecule has 0 bridgehead atoms. The summed E-state index contributed by atoms with van der Waals surface area (Å²) in [6.45, 7) is 0.396. The van der Waals surface area contributed by atoms with Gasteiger partial charge in [-0.05, 0) is 29.7 Å². The number of hydrogen-bond donors (Lipinski definition) is 2. The lowest BCUT2D eigenvalue weighted by atomic mass is 9.96. The molecule has 2 N–H and O–H groups in total. The quantitative estimate of drug-likeness (QED) is 0.818. The van der Waals surface area contributed by atoms with E-state index in [9.17, 15) is 14.7 Å². The predicted octanol–water partition coefficient (Wildman–Crippen LogP) is 3.29. The molecule has 0 heterocycles. The highest BCUT2D eigenvalue weighted by molar-refractivity contribution is 6.30. The number of nitrogens with one attached hydrogen (secondary N) is 1. The van der Waals surface area contributed by atoms with Crippen molar-refractivity contribution < 1.29 is 14.7 Å². The maximum Gasteiger partial charge on any atom is 0.307 e. The lowest BCUT2D eigenvalue weighted by molar-refractivity contribution is -0.144. The molecule has 0 saturated carbocycles.